The van der Waals surface area contributed by atoms with Crippen molar-refractivity contribution in [2.45, 2.75) is 46.7 Å². The highest BCUT2D eigenvalue weighted by Gasteiger charge is 2.23. The number of pyridine rings is 1. The Morgan fingerprint density at radius 2 is 1.68 bits per heavy atom. The number of amides is 1. The maximum Gasteiger partial charge on any atom is 0.326 e. The van der Waals surface area contributed by atoms with Crippen LogP contribution in [-0.4, -0.2) is 37.4 Å². The van der Waals surface area contributed by atoms with Crippen LogP contribution >= 0.6 is 11.5 Å². The molecular weight excluding hydrogens is 486 g/mol. The van der Waals surface area contributed by atoms with Crippen LogP contribution in [0.3, 0.4) is 0 Å². The molecule has 0 bridgehead atoms. The Labute approximate surface area is 220 Å². The van der Waals surface area contributed by atoms with E-state index in [-0.39, 0.29) is 12.3 Å². The number of aryl methyl sites for hydroxylation is 4. The molecule has 9 heteroatoms. The molecule has 190 valence electrons. The molecular formula is C28H29N5O3S. The molecule has 1 amide bonds. The number of hydrogen-bond donors (Lipinski definition) is 3. The Kier molecular flexibility index (Phi) is 7.93. The zero-order valence-electron chi connectivity index (χ0n) is 21.2. The Bertz CT molecular complexity index is 1410. The van der Waals surface area contributed by atoms with Crippen LogP contribution in [0, 0.1) is 27.7 Å². The van der Waals surface area contributed by atoms with Crippen molar-refractivity contribution >= 4 is 29.2 Å². The number of nitrogens with zero attached hydrogens (tertiary/aromatic N) is 3. The number of nitrogens with one attached hydrogen (secondary N) is 2. The van der Waals surface area contributed by atoms with Crippen LogP contribution in [0.4, 0.5) is 5.82 Å². The summed E-state index contributed by atoms with van der Waals surface area (Å²) in [4.78, 5) is 33.7. The number of rotatable bonds is 9. The van der Waals surface area contributed by atoms with E-state index in [1.54, 1.807) is 6.20 Å². The van der Waals surface area contributed by atoms with Gasteiger partial charge in [-0.2, -0.15) is 4.37 Å². The number of aliphatic carboxylic acids is 1. The summed E-state index contributed by atoms with van der Waals surface area (Å²) in [5, 5.41) is 16.5. The highest BCUT2D eigenvalue weighted by molar-refractivity contribution is 7.05. The number of carbonyl (C=O) groups excluding carboxylic acids is 1. The number of hydrogen-bond acceptors (Lipinski definition) is 7. The molecule has 37 heavy (non-hydrogen) atoms. The predicted molar refractivity (Wildman–Crippen MR) is 145 cm³/mol. The number of carboxylic acids is 1. The van der Waals surface area contributed by atoms with E-state index in [2.05, 4.69) is 25.0 Å². The average molecular weight is 516 g/mol. The summed E-state index contributed by atoms with van der Waals surface area (Å²) in [6.45, 7) is 8.21. The van der Waals surface area contributed by atoms with Crippen LogP contribution in [-0.2, 0) is 17.8 Å². The zero-order chi connectivity index (χ0) is 26.5. The van der Waals surface area contributed by atoms with E-state index in [4.69, 9.17) is 0 Å². The van der Waals surface area contributed by atoms with Crippen molar-refractivity contribution in [1.29, 1.82) is 0 Å². The van der Waals surface area contributed by atoms with Gasteiger partial charge >= 0.3 is 5.97 Å². The molecule has 2 aromatic carbocycles. The van der Waals surface area contributed by atoms with Crippen LogP contribution in [0.5, 0.6) is 0 Å². The second kappa shape index (κ2) is 11.3. The molecule has 0 spiro atoms. The smallest absolute Gasteiger partial charge is 0.326 e. The highest BCUT2D eigenvalue weighted by Crippen LogP contribution is 2.21. The van der Waals surface area contributed by atoms with Gasteiger partial charge in [-0.05, 0) is 73.6 Å². The Morgan fingerprint density at radius 1 is 0.973 bits per heavy atom. The monoisotopic (exact) mass is 515 g/mol. The normalized spacial score (nSPS) is 11.7. The molecule has 0 saturated carbocycles. The molecule has 0 aliphatic rings. The van der Waals surface area contributed by atoms with Gasteiger partial charge in [0.05, 0.1) is 6.54 Å². The molecule has 8 nitrogen and oxygen atoms in total. The largest absolute Gasteiger partial charge is 0.480 e. The van der Waals surface area contributed by atoms with E-state index in [0.29, 0.717) is 17.9 Å². The van der Waals surface area contributed by atoms with E-state index in [1.807, 2.05) is 76.2 Å². The zero-order valence-corrected chi connectivity index (χ0v) is 22.0. The first-order valence-electron chi connectivity index (χ1n) is 11.9. The fraction of sp³-hybridized carbons (Fsp3) is 0.250. The van der Waals surface area contributed by atoms with Gasteiger partial charge in [0.2, 0.25) is 0 Å². The fourth-order valence-corrected chi connectivity index (χ4v) is 4.84. The quantitative estimate of drug-likeness (QED) is 0.291. The van der Waals surface area contributed by atoms with E-state index < -0.39 is 12.0 Å². The fourth-order valence-electron chi connectivity index (χ4n) is 4.24. The third-order valence-electron chi connectivity index (χ3n) is 5.96. The molecule has 0 aliphatic heterocycles. The van der Waals surface area contributed by atoms with Gasteiger partial charge in [-0.3, -0.25) is 4.79 Å². The van der Waals surface area contributed by atoms with E-state index in [9.17, 15) is 14.7 Å². The number of aromatic nitrogens is 3. The summed E-state index contributed by atoms with van der Waals surface area (Å²) < 4.78 is 4.45. The van der Waals surface area contributed by atoms with Gasteiger partial charge < -0.3 is 15.7 Å². The number of anilines is 1. The van der Waals surface area contributed by atoms with Crippen LogP contribution in [0.1, 0.15) is 43.2 Å². The lowest BCUT2D eigenvalue weighted by atomic mass is 9.98. The molecule has 4 rings (SSSR count). The molecule has 4 aromatic rings. The van der Waals surface area contributed by atoms with Gasteiger partial charge in [-0.25, -0.2) is 14.8 Å². The summed E-state index contributed by atoms with van der Waals surface area (Å²) in [5.74, 6) is -0.0678. The number of carbonyl (C=O) groups is 2. The van der Waals surface area contributed by atoms with Crippen molar-refractivity contribution in [1.82, 2.24) is 19.7 Å². The van der Waals surface area contributed by atoms with Crippen LogP contribution in [0.2, 0.25) is 0 Å². The molecule has 2 aromatic heterocycles. The minimum Gasteiger partial charge on any atom is -0.480 e. The van der Waals surface area contributed by atoms with E-state index >= 15 is 0 Å². The standard InChI is InChI=1S/C28H29N5O3S/c1-16-9-10-29-23(13-16)30-15-24-32-26(33-37-24)21-7-5-20(6-8-21)14-22(28(35)36)31-27(34)25-18(3)11-17(2)12-19(25)4/h5-13,22H,14-15H2,1-4H3,(H,29,30)(H,31,34)(H,35,36). The third-order valence-corrected chi connectivity index (χ3v) is 6.67. The van der Waals surface area contributed by atoms with Crippen molar-refractivity contribution in [3.05, 3.63) is 93.1 Å². The van der Waals surface area contributed by atoms with Crippen molar-refractivity contribution in [2.75, 3.05) is 5.32 Å². The summed E-state index contributed by atoms with van der Waals surface area (Å²) in [5.41, 5.74) is 5.97. The summed E-state index contributed by atoms with van der Waals surface area (Å²) in [7, 11) is 0. The topological polar surface area (TPSA) is 117 Å². The second-order valence-electron chi connectivity index (χ2n) is 9.12. The Hall–Kier alpha value is -4.11. The lowest BCUT2D eigenvalue weighted by Gasteiger charge is -2.17. The third kappa shape index (κ3) is 6.56. The number of carboxylic acid groups (broad SMARTS) is 1. The molecule has 2 heterocycles. The summed E-state index contributed by atoms with van der Waals surface area (Å²) >= 11 is 1.32. The molecule has 1 unspecified atom stereocenters. The van der Waals surface area contributed by atoms with Gasteiger partial charge in [-0.15, -0.1) is 0 Å². The maximum atomic E-state index is 12.9. The Balaban J connectivity index is 1.40. The van der Waals surface area contributed by atoms with Crippen LogP contribution in [0.25, 0.3) is 11.4 Å². The molecule has 0 saturated heterocycles. The first-order chi connectivity index (χ1) is 17.7. The van der Waals surface area contributed by atoms with Gasteiger partial charge in [0.15, 0.2) is 5.82 Å². The highest BCUT2D eigenvalue weighted by atomic mass is 32.1. The molecule has 0 aliphatic carbocycles. The average Bonchev–Trinajstić information content (AvgIpc) is 3.31. The molecule has 0 fully saturated rings. The van der Waals surface area contributed by atoms with E-state index in [0.717, 1.165) is 44.2 Å². The minimum absolute atomic E-state index is 0.161. The summed E-state index contributed by atoms with van der Waals surface area (Å²) in [6, 6.07) is 14.1. The minimum atomic E-state index is -1.08. The first-order valence-corrected chi connectivity index (χ1v) is 12.7. The summed E-state index contributed by atoms with van der Waals surface area (Å²) in [6.07, 6.45) is 1.92. The van der Waals surface area contributed by atoms with E-state index in [1.165, 1.54) is 11.5 Å². The number of benzene rings is 2. The maximum absolute atomic E-state index is 12.9. The Morgan fingerprint density at radius 3 is 2.32 bits per heavy atom. The van der Waals surface area contributed by atoms with Gasteiger partial charge in [-0.1, -0.05) is 42.0 Å². The SMILES string of the molecule is Cc1ccnc(NCc2nc(-c3ccc(CC(NC(=O)c4c(C)cc(C)cc4C)C(=O)O)cc3)ns2)c1. The van der Waals surface area contributed by atoms with Gasteiger partial charge in [0.25, 0.3) is 5.91 Å². The van der Waals surface area contributed by atoms with Gasteiger partial charge in [0, 0.05) is 23.7 Å². The van der Waals surface area contributed by atoms with Crippen LogP contribution < -0.4 is 10.6 Å². The molecule has 1 atom stereocenters. The van der Waals surface area contributed by atoms with Gasteiger partial charge in [0.1, 0.15) is 16.9 Å². The lowest BCUT2D eigenvalue weighted by Crippen LogP contribution is -2.42. The van der Waals surface area contributed by atoms with Crippen molar-refractivity contribution in [3.63, 3.8) is 0 Å². The molecule has 3 N–H and O–H groups in total. The first kappa shape index (κ1) is 26.0. The van der Waals surface area contributed by atoms with Crippen molar-refractivity contribution < 1.29 is 14.7 Å². The van der Waals surface area contributed by atoms with Crippen molar-refractivity contribution in [3.8, 4) is 11.4 Å². The molecule has 0 radical (unpaired) electrons. The lowest BCUT2D eigenvalue weighted by molar-refractivity contribution is -0.139. The van der Waals surface area contributed by atoms with Crippen LogP contribution in [0.15, 0.2) is 54.7 Å². The second-order valence-corrected chi connectivity index (χ2v) is 9.96. The van der Waals surface area contributed by atoms with Crippen molar-refractivity contribution in [2.24, 2.45) is 0 Å². The predicted octanol–water partition coefficient (Wildman–Crippen LogP) is 4.87.